The van der Waals surface area contributed by atoms with Crippen LogP contribution in [0.25, 0.3) is 0 Å². The predicted octanol–water partition coefficient (Wildman–Crippen LogP) is 3.83. The Morgan fingerprint density at radius 1 is 1.00 bits per heavy atom. The summed E-state index contributed by atoms with van der Waals surface area (Å²) < 4.78 is 0. The molecule has 0 bridgehead atoms. The molecule has 3 fully saturated rings. The first-order valence-electron chi connectivity index (χ1n) is 13.8. The molecule has 0 radical (unpaired) electrons. The molecule has 5 rings (SSSR count). The number of nitrogens with two attached hydrogens (primary N) is 1. The number of carboxylic acids is 1. The van der Waals surface area contributed by atoms with Crippen LogP contribution in [0.4, 0.5) is 5.69 Å². The maximum Gasteiger partial charge on any atom is 0.335 e. The van der Waals surface area contributed by atoms with Gasteiger partial charge in [0.15, 0.2) is 0 Å². The van der Waals surface area contributed by atoms with E-state index in [2.05, 4.69) is 17.6 Å². The van der Waals surface area contributed by atoms with Crippen LogP contribution in [0.5, 0.6) is 0 Å². The molecule has 2 amide bonds. The fourth-order valence-electron chi connectivity index (χ4n) is 6.39. The Hall–Kier alpha value is -3.23. The molecule has 2 aliphatic heterocycles. The summed E-state index contributed by atoms with van der Waals surface area (Å²) in [6, 6.07) is 11.3. The maximum atomic E-state index is 14.1. The molecule has 2 aromatic rings. The van der Waals surface area contributed by atoms with Gasteiger partial charge in [0.25, 0.3) is 5.91 Å². The Morgan fingerprint density at radius 2 is 1.68 bits per heavy atom. The number of carbonyl (C=O) groups excluding carboxylic acids is 2. The number of hydrogen-bond donors (Lipinski definition) is 4. The lowest BCUT2D eigenvalue weighted by Crippen LogP contribution is -2.57. The lowest BCUT2D eigenvalue weighted by atomic mass is 9.74. The largest absolute Gasteiger partial charge is 0.478 e. The summed E-state index contributed by atoms with van der Waals surface area (Å²) in [5, 5.41) is 15.6. The zero-order valence-corrected chi connectivity index (χ0v) is 22.0. The van der Waals surface area contributed by atoms with Crippen molar-refractivity contribution < 1.29 is 19.5 Å². The van der Waals surface area contributed by atoms with E-state index in [1.807, 2.05) is 18.2 Å². The molecule has 8 nitrogen and oxygen atoms in total. The molecule has 38 heavy (non-hydrogen) atoms. The minimum absolute atomic E-state index is 0.0166. The van der Waals surface area contributed by atoms with Crippen LogP contribution in [0.1, 0.15) is 76.8 Å². The van der Waals surface area contributed by atoms with Gasteiger partial charge < -0.3 is 26.4 Å². The highest BCUT2D eigenvalue weighted by Crippen LogP contribution is 2.42. The number of benzene rings is 2. The van der Waals surface area contributed by atoms with Crippen LogP contribution in [0.15, 0.2) is 42.5 Å². The van der Waals surface area contributed by atoms with Crippen molar-refractivity contribution in [2.24, 2.45) is 23.5 Å². The molecule has 1 saturated carbocycles. The molecule has 5 N–H and O–H groups in total. The molecule has 2 aromatic carbocycles. The van der Waals surface area contributed by atoms with Crippen molar-refractivity contribution >= 4 is 23.5 Å². The van der Waals surface area contributed by atoms with E-state index in [0.29, 0.717) is 42.1 Å². The van der Waals surface area contributed by atoms with Crippen molar-refractivity contribution in [1.82, 2.24) is 10.2 Å². The predicted molar refractivity (Wildman–Crippen MR) is 146 cm³/mol. The van der Waals surface area contributed by atoms with Crippen LogP contribution in [0, 0.1) is 17.8 Å². The summed E-state index contributed by atoms with van der Waals surface area (Å²) in [7, 11) is 0. The lowest BCUT2D eigenvalue weighted by molar-refractivity contribution is -0.124. The molecule has 2 saturated heterocycles. The number of aromatic carboxylic acids is 1. The number of carbonyl (C=O) groups is 3. The van der Waals surface area contributed by atoms with E-state index in [-0.39, 0.29) is 23.3 Å². The number of rotatable bonds is 7. The number of piperidine rings is 2. The zero-order valence-electron chi connectivity index (χ0n) is 22.0. The van der Waals surface area contributed by atoms with E-state index in [0.717, 1.165) is 56.3 Å². The average Bonchev–Trinajstić information content (AvgIpc) is 3.78. The van der Waals surface area contributed by atoms with Crippen molar-refractivity contribution in [3.05, 3.63) is 64.7 Å². The minimum atomic E-state index is -1.02. The number of hydrogen-bond acceptors (Lipinski definition) is 5. The van der Waals surface area contributed by atoms with Crippen molar-refractivity contribution in [3.63, 3.8) is 0 Å². The van der Waals surface area contributed by atoms with E-state index in [1.54, 1.807) is 17.0 Å². The van der Waals surface area contributed by atoms with Crippen LogP contribution in [0.3, 0.4) is 0 Å². The summed E-state index contributed by atoms with van der Waals surface area (Å²) in [5.74, 6) is -0.0323. The molecule has 3 unspecified atom stereocenters. The van der Waals surface area contributed by atoms with E-state index >= 15 is 0 Å². The monoisotopic (exact) mass is 518 g/mol. The van der Waals surface area contributed by atoms with Gasteiger partial charge in [-0.25, -0.2) is 4.79 Å². The van der Waals surface area contributed by atoms with Gasteiger partial charge in [0.05, 0.1) is 5.56 Å². The van der Waals surface area contributed by atoms with Gasteiger partial charge in [-0.05, 0) is 116 Å². The van der Waals surface area contributed by atoms with Crippen LogP contribution in [-0.2, 0) is 11.3 Å². The Balaban J connectivity index is 1.42. The van der Waals surface area contributed by atoms with Gasteiger partial charge in [0, 0.05) is 24.3 Å². The van der Waals surface area contributed by atoms with Gasteiger partial charge in [-0.15, -0.1) is 0 Å². The Kier molecular flexibility index (Phi) is 7.81. The number of likely N-dealkylation sites (tertiary alicyclic amines) is 1. The molecule has 8 heteroatoms. The molecular weight excluding hydrogens is 480 g/mol. The van der Waals surface area contributed by atoms with Crippen molar-refractivity contribution in [3.8, 4) is 0 Å². The van der Waals surface area contributed by atoms with Crippen molar-refractivity contribution in [1.29, 1.82) is 0 Å². The van der Waals surface area contributed by atoms with Crippen molar-refractivity contribution in [2.45, 2.75) is 57.5 Å². The second kappa shape index (κ2) is 11.3. The summed E-state index contributed by atoms with van der Waals surface area (Å²) in [6.07, 6.45) is 5.31. The van der Waals surface area contributed by atoms with Gasteiger partial charge in [-0.2, -0.15) is 0 Å². The van der Waals surface area contributed by atoms with Gasteiger partial charge in [0.2, 0.25) is 5.91 Å². The normalized spacial score (nSPS) is 24.2. The molecule has 3 atom stereocenters. The summed E-state index contributed by atoms with van der Waals surface area (Å²) in [4.78, 5) is 40.8. The molecular formula is C30H38N4O4. The van der Waals surface area contributed by atoms with Crippen LogP contribution >= 0.6 is 0 Å². The van der Waals surface area contributed by atoms with Gasteiger partial charge >= 0.3 is 5.97 Å². The molecule has 3 aliphatic rings. The summed E-state index contributed by atoms with van der Waals surface area (Å²) >= 11 is 0. The molecule has 1 aliphatic carbocycles. The molecule has 2 heterocycles. The zero-order chi connectivity index (χ0) is 26.8. The number of nitrogens with one attached hydrogen (secondary N) is 2. The summed E-state index contributed by atoms with van der Waals surface area (Å²) in [6.45, 7) is 5.06. The van der Waals surface area contributed by atoms with Gasteiger partial charge in [0.1, 0.15) is 6.04 Å². The van der Waals surface area contributed by atoms with E-state index in [1.165, 1.54) is 12.1 Å². The van der Waals surface area contributed by atoms with Crippen molar-refractivity contribution in [2.75, 3.05) is 25.0 Å². The SMILES string of the molecule is CC1CC(C2CCNCC2)CN(C(=O)c2ccc(CN)c(C3CC3)c2)C1C(=O)Nc1ccc(C(=O)O)cc1. The molecule has 202 valence electrons. The first-order valence-corrected chi connectivity index (χ1v) is 13.8. The van der Waals surface area contributed by atoms with E-state index in [4.69, 9.17) is 5.73 Å². The number of anilines is 1. The smallest absolute Gasteiger partial charge is 0.335 e. The maximum absolute atomic E-state index is 14.1. The van der Waals surface area contributed by atoms with Crippen LogP contribution < -0.4 is 16.4 Å². The van der Waals surface area contributed by atoms with E-state index < -0.39 is 12.0 Å². The third kappa shape index (κ3) is 5.61. The highest BCUT2D eigenvalue weighted by Gasteiger charge is 2.43. The molecule has 0 aromatic heterocycles. The second-order valence-corrected chi connectivity index (χ2v) is 11.2. The fraction of sp³-hybridized carbons (Fsp3) is 0.500. The third-order valence-corrected chi connectivity index (χ3v) is 8.59. The Labute approximate surface area is 224 Å². The topological polar surface area (TPSA) is 125 Å². The first-order chi connectivity index (χ1) is 18.4. The number of amides is 2. The Bertz CT molecular complexity index is 1190. The fourth-order valence-corrected chi connectivity index (χ4v) is 6.39. The average molecular weight is 519 g/mol. The standard InChI is InChI=1S/C30H38N4O4/c1-18-14-24(19-10-12-32-13-11-19)17-34(27(18)28(35)33-25-8-6-21(7-9-25)30(37)38)29(36)22-4-5-23(16-31)26(15-22)20-2-3-20/h4-9,15,18-20,24,27,32H,2-3,10-14,16-17,31H2,1H3,(H,33,35)(H,37,38). The van der Waals surface area contributed by atoms with Gasteiger partial charge in [-0.1, -0.05) is 13.0 Å². The highest BCUT2D eigenvalue weighted by atomic mass is 16.4. The lowest BCUT2D eigenvalue weighted by Gasteiger charge is -2.46. The third-order valence-electron chi connectivity index (χ3n) is 8.59. The van der Waals surface area contributed by atoms with Crippen LogP contribution in [0.2, 0.25) is 0 Å². The highest BCUT2D eigenvalue weighted by molar-refractivity contribution is 6.02. The van der Waals surface area contributed by atoms with E-state index in [9.17, 15) is 19.5 Å². The van der Waals surface area contributed by atoms with Gasteiger partial charge in [-0.3, -0.25) is 9.59 Å². The molecule has 0 spiro atoms. The second-order valence-electron chi connectivity index (χ2n) is 11.2. The van der Waals surface area contributed by atoms with Crippen LogP contribution in [-0.4, -0.2) is 53.5 Å². The quantitative estimate of drug-likeness (QED) is 0.442. The number of nitrogens with zero attached hydrogens (tertiary/aromatic N) is 1. The minimum Gasteiger partial charge on any atom is -0.478 e. The number of carboxylic acid groups (broad SMARTS) is 1. The first kappa shape index (κ1) is 26.4. The summed E-state index contributed by atoms with van der Waals surface area (Å²) in [5.41, 5.74) is 9.52. The Morgan fingerprint density at radius 3 is 2.32 bits per heavy atom.